The van der Waals surface area contributed by atoms with Crippen LogP contribution in [0.15, 0.2) is 18.2 Å². The molecule has 1 aromatic rings. The molecule has 0 heterocycles. The molecular formula is C12H15ClFNO. The second kappa shape index (κ2) is 4.32. The number of halogens is 2. The molecule has 0 aromatic heterocycles. The van der Waals surface area contributed by atoms with E-state index in [4.69, 9.17) is 17.3 Å². The van der Waals surface area contributed by atoms with Crippen molar-refractivity contribution >= 4 is 11.6 Å². The van der Waals surface area contributed by atoms with Crippen LogP contribution in [0.3, 0.4) is 0 Å². The van der Waals surface area contributed by atoms with E-state index in [1.54, 1.807) is 0 Å². The van der Waals surface area contributed by atoms with E-state index in [2.05, 4.69) is 0 Å². The Morgan fingerprint density at radius 1 is 1.50 bits per heavy atom. The van der Waals surface area contributed by atoms with Gasteiger partial charge in [0.05, 0.1) is 5.60 Å². The summed E-state index contributed by atoms with van der Waals surface area (Å²) < 4.78 is 13.2. The first-order valence-electron chi connectivity index (χ1n) is 5.45. The first kappa shape index (κ1) is 11.8. The maximum Gasteiger partial charge on any atom is 0.123 e. The van der Waals surface area contributed by atoms with Gasteiger partial charge >= 0.3 is 0 Å². The molecule has 88 valence electrons. The molecule has 16 heavy (non-hydrogen) atoms. The fourth-order valence-electron chi connectivity index (χ4n) is 2.39. The van der Waals surface area contributed by atoms with Crippen LogP contribution in [-0.2, 0) is 5.60 Å². The number of hydrogen-bond donors (Lipinski definition) is 2. The van der Waals surface area contributed by atoms with E-state index in [0.29, 0.717) is 23.4 Å². The molecule has 0 aliphatic heterocycles. The van der Waals surface area contributed by atoms with Crippen LogP contribution >= 0.6 is 11.6 Å². The van der Waals surface area contributed by atoms with E-state index >= 15 is 0 Å². The molecule has 4 heteroatoms. The molecule has 0 saturated heterocycles. The van der Waals surface area contributed by atoms with Gasteiger partial charge in [-0.15, -0.1) is 0 Å². The number of rotatable bonds is 1. The lowest BCUT2D eigenvalue weighted by atomic mass is 9.77. The zero-order valence-electron chi connectivity index (χ0n) is 8.92. The molecule has 2 rings (SSSR count). The van der Waals surface area contributed by atoms with Gasteiger partial charge < -0.3 is 10.8 Å². The Bertz CT molecular complexity index is 399. The Morgan fingerprint density at radius 3 is 2.94 bits per heavy atom. The molecule has 1 saturated carbocycles. The third-order valence-corrected chi connectivity index (χ3v) is 3.52. The molecule has 0 radical (unpaired) electrons. The molecule has 2 nitrogen and oxygen atoms in total. The van der Waals surface area contributed by atoms with Crippen molar-refractivity contribution < 1.29 is 9.50 Å². The highest BCUT2D eigenvalue weighted by Crippen LogP contribution is 2.39. The molecule has 1 aliphatic rings. The maximum absolute atomic E-state index is 13.2. The van der Waals surface area contributed by atoms with E-state index in [9.17, 15) is 9.50 Å². The van der Waals surface area contributed by atoms with Crippen LogP contribution in [0.4, 0.5) is 4.39 Å². The molecule has 2 unspecified atom stereocenters. The normalized spacial score (nSPS) is 30.4. The van der Waals surface area contributed by atoms with Gasteiger partial charge in [-0.3, -0.25) is 0 Å². The van der Waals surface area contributed by atoms with Gasteiger partial charge in [-0.05, 0) is 43.9 Å². The lowest BCUT2D eigenvalue weighted by Crippen LogP contribution is -2.39. The highest BCUT2D eigenvalue weighted by Gasteiger charge is 2.36. The third-order valence-electron chi connectivity index (χ3n) is 3.19. The van der Waals surface area contributed by atoms with Crippen LogP contribution in [0.5, 0.6) is 0 Å². The second-order valence-corrected chi connectivity index (χ2v) is 4.92. The lowest BCUT2D eigenvalue weighted by molar-refractivity contribution is -0.00731. The van der Waals surface area contributed by atoms with Crippen molar-refractivity contribution in [1.82, 2.24) is 0 Å². The minimum absolute atomic E-state index is 0.0434. The van der Waals surface area contributed by atoms with Crippen LogP contribution < -0.4 is 5.73 Å². The standard InChI is InChI=1S/C12H15ClFNO/c13-11-4-3-8(14)6-10(11)12(16)5-1-2-9(15)7-12/h3-4,6,9,16H,1-2,5,7,15H2. The summed E-state index contributed by atoms with van der Waals surface area (Å²) in [5, 5.41) is 10.9. The summed E-state index contributed by atoms with van der Waals surface area (Å²) in [4.78, 5) is 0. The van der Waals surface area contributed by atoms with Gasteiger partial charge in [0.2, 0.25) is 0 Å². The van der Waals surface area contributed by atoms with Crippen LogP contribution in [0, 0.1) is 5.82 Å². The fraction of sp³-hybridized carbons (Fsp3) is 0.500. The van der Waals surface area contributed by atoms with Crippen LogP contribution in [0.1, 0.15) is 31.2 Å². The molecule has 0 spiro atoms. The van der Waals surface area contributed by atoms with E-state index in [0.717, 1.165) is 12.8 Å². The minimum Gasteiger partial charge on any atom is -0.385 e. The van der Waals surface area contributed by atoms with Crippen LogP contribution in [-0.4, -0.2) is 11.1 Å². The summed E-state index contributed by atoms with van der Waals surface area (Å²) in [6, 6.07) is 4.03. The van der Waals surface area contributed by atoms with Crippen molar-refractivity contribution in [3.05, 3.63) is 34.6 Å². The predicted octanol–water partition coefficient (Wildman–Crippen LogP) is 2.57. The average molecular weight is 244 g/mol. The van der Waals surface area contributed by atoms with E-state index < -0.39 is 5.60 Å². The molecule has 1 aromatic carbocycles. The molecule has 2 atom stereocenters. The Labute approximate surface area is 99.2 Å². The summed E-state index contributed by atoms with van der Waals surface area (Å²) in [5.74, 6) is -0.382. The highest BCUT2D eigenvalue weighted by molar-refractivity contribution is 6.31. The van der Waals surface area contributed by atoms with E-state index in [1.165, 1.54) is 18.2 Å². The van der Waals surface area contributed by atoms with Gasteiger partial charge in [-0.25, -0.2) is 4.39 Å². The minimum atomic E-state index is -1.07. The number of nitrogens with two attached hydrogens (primary N) is 1. The van der Waals surface area contributed by atoms with E-state index in [1.807, 2.05) is 0 Å². The van der Waals surface area contributed by atoms with Crippen LogP contribution in [0.25, 0.3) is 0 Å². The summed E-state index contributed by atoms with van der Waals surface area (Å²) in [6.45, 7) is 0. The summed E-state index contributed by atoms with van der Waals surface area (Å²) >= 11 is 6.00. The topological polar surface area (TPSA) is 46.2 Å². The maximum atomic E-state index is 13.2. The van der Waals surface area contributed by atoms with Gasteiger partial charge in [0.1, 0.15) is 5.82 Å². The van der Waals surface area contributed by atoms with Crippen molar-refractivity contribution in [3.8, 4) is 0 Å². The first-order chi connectivity index (χ1) is 7.51. The SMILES string of the molecule is NC1CCCC(O)(c2cc(F)ccc2Cl)C1. The molecule has 1 fully saturated rings. The van der Waals surface area contributed by atoms with Crippen molar-refractivity contribution in [2.24, 2.45) is 5.73 Å². The quantitative estimate of drug-likeness (QED) is 0.796. The van der Waals surface area contributed by atoms with E-state index in [-0.39, 0.29) is 11.9 Å². The summed E-state index contributed by atoms with van der Waals surface area (Å²) in [6.07, 6.45) is 2.76. The Hall–Kier alpha value is -0.640. The highest BCUT2D eigenvalue weighted by atomic mass is 35.5. The largest absolute Gasteiger partial charge is 0.385 e. The van der Waals surface area contributed by atoms with Crippen molar-refractivity contribution in [3.63, 3.8) is 0 Å². The van der Waals surface area contributed by atoms with Gasteiger partial charge in [0.25, 0.3) is 0 Å². The van der Waals surface area contributed by atoms with Gasteiger partial charge in [0.15, 0.2) is 0 Å². The monoisotopic (exact) mass is 243 g/mol. The number of hydrogen-bond acceptors (Lipinski definition) is 2. The molecule has 1 aliphatic carbocycles. The Morgan fingerprint density at radius 2 is 2.25 bits per heavy atom. The fourth-order valence-corrected chi connectivity index (χ4v) is 2.69. The molecule has 3 N–H and O–H groups in total. The zero-order valence-corrected chi connectivity index (χ0v) is 9.67. The Balaban J connectivity index is 2.37. The molecule has 0 amide bonds. The third kappa shape index (κ3) is 2.21. The molecule has 0 bridgehead atoms. The first-order valence-corrected chi connectivity index (χ1v) is 5.82. The van der Waals surface area contributed by atoms with Crippen LogP contribution in [0.2, 0.25) is 5.02 Å². The van der Waals surface area contributed by atoms with Crippen molar-refractivity contribution in [2.45, 2.75) is 37.3 Å². The number of aliphatic hydroxyl groups is 1. The zero-order chi connectivity index (χ0) is 11.8. The summed E-state index contributed by atoms with van der Waals surface area (Å²) in [7, 11) is 0. The smallest absolute Gasteiger partial charge is 0.123 e. The van der Waals surface area contributed by atoms with Gasteiger partial charge in [-0.1, -0.05) is 11.6 Å². The second-order valence-electron chi connectivity index (χ2n) is 4.51. The van der Waals surface area contributed by atoms with Gasteiger partial charge in [0, 0.05) is 16.6 Å². The lowest BCUT2D eigenvalue weighted by Gasteiger charge is -2.36. The summed E-state index contributed by atoms with van der Waals surface area (Å²) in [5.41, 5.74) is 5.23. The van der Waals surface area contributed by atoms with Gasteiger partial charge in [-0.2, -0.15) is 0 Å². The van der Waals surface area contributed by atoms with Crippen molar-refractivity contribution in [2.75, 3.05) is 0 Å². The molecular weight excluding hydrogens is 229 g/mol. The van der Waals surface area contributed by atoms with Crippen molar-refractivity contribution in [1.29, 1.82) is 0 Å². The average Bonchev–Trinajstić information content (AvgIpc) is 2.21. The predicted molar refractivity (Wildman–Crippen MR) is 61.8 cm³/mol. The Kier molecular flexibility index (Phi) is 3.19. The number of benzene rings is 1.